The number of amides is 1. The van der Waals surface area contributed by atoms with Gasteiger partial charge in [-0.3, -0.25) is 4.79 Å². The highest BCUT2D eigenvalue weighted by molar-refractivity contribution is 7.89. The molecule has 0 bridgehead atoms. The minimum Gasteiger partial charge on any atom is -0.467 e. The summed E-state index contributed by atoms with van der Waals surface area (Å²) < 4.78 is 32.6. The average Bonchev–Trinajstić information content (AvgIpc) is 3.19. The number of benzene rings is 2. The second-order valence-corrected chi connectivity index (χ2v) is 7.76. The molecule has 0 saturated carbocycles. The summed E-state index contributed by atoms with van der Waals surface area (Å²) in [7, 11) is -3.60. The number of furan rings is 1. The van der Waals surface area contributed by atoms with Crippen molar-refractivity contribution in [3.05, 3.63) is 83.8 Å². The van der Waals surface area contributed by atoms with Gasteiger partial charge in [-0.25, -0.2) is 8.42 Å². The van der Waals surface area contributed by atoms with Crippen molar-refractivity contribution in [1.29, 1.82) is 0 Å². The van der Waals surface area contributed by atoms with Crippen LogP contribution in [0.15, 0.2) is 76.2 Å². The zero-order valence-electron chi connectivity index (χ0n) is 14.2. The lowest BCUT2D eigenvalue weighted by Crippen LogP contribution is -2.38. The van der Waals surface area contributed by atoms with Crippen LogP contribution in [-0.2, 0) is 16.6 Å². The number of hydrogen-bond donors (Lipinski definition) is 3. The largest absolute Gasteiger partial charge is 0.467 e. The lowest BCUT2D eigenvalue weighted by molar-refractivity contribution is 0.0948. The van der Waals surface area contributed by atoms with Crippen LogP contribution in [0.2, 0.25) is 0 Å². The molecule has 0 aliphatic carbocycles. The molecule has 138 valence electrons. The van der Waals surface area contributed by atoms with E-state index in [1.165, 1.54) is 0 Å². The van der Waals surface area contributed by atoms with E-state index in [9.17, 15) is 13.2 Å². The van der Waals surface area contributed by atoms with Gasteiger partial charge in [-0.1, -0.05) is 24.3 Å². The van der Waals surface area contributed by atoms with Crippen molar-refractivity contribution in [3.8, 4) is 0 Å². The fourth-order valence-electron chi connectivity index (χ4n) is 2.88. The quantitative estimate of drug-likeness (QED) is 0.643. The molecule has 1 unspecified atom stereocenters. The molecule has 0 spiro atoms. The molecule has 2 heterocycles. The predicted molar refractivity (Wildman–Crippen MR) is 99.4 cm³/mol. The van der Waals surface area contributed by atoms with Gasteiger partial charge in [-0.2, -0.15) is 4.72 Å². The van der Waals surface area contributed by atoms with Gasteiger partial charge in [0.1, 0.15) is 16.8 Å². The Morgan fingerprint density at radius 2 is 1.81 bits per heavy atom. The Hall–Kier alpha value is -3.10. The van der Waals surface area contributed by atoms with Gasteiger partial charge in [-0.15, -0.1) is 0 Å². The minimum absolute atomic E-state index is 0.218. The Labute approximate surface area is 156 Å². The van der Waals surface area contributed by atoms with E-state index in [-0.39, 0.29) is 10.8 Å². The Morgan fingerprint density at radius 1 is 1.04 bits per heavy atom. The van der Waals surface area contributed by atoms with Crippen LogP contribution in [0.25, 0.3) is 0 Å². The van der Waals surface area contributed by atoms with E-state index < -0.39 is 16.2 Å². The van der Waals surface area contributed by atoms with Crippen molar-refractivity contribution >= 4 is 21.6 Å². The van der Waals surface area contributed by atoms with Gasteiger partial charge in [0.05, 0.1) is 18.5 Å². The molecule has 3 N–H and O–H groups in total. The van der Waals surface area contributed by atoms with Crippen LogP contribution in [0.5, 0.6) is 0 Å². The summed E-state index contributed by atoms with van der Waals surface area (Å²) in [5, 5.41) is 5.92. The van der Waals surface area contributed by atoms with Crippen LogP contribution in [0.4, 0.5) is 5.69 Å². The average molecular weight is 383 g/mol. The van der Waals surface area contributed by atoms with Crippen molar-refractivity contribution in [2.24, 2.45) is 0 Å². The lowest BCUT2D eigenvalue weighted by atomic mass is 10.1. The maximum absolute atomic E-state index is 12.4. The van der Waals surface area contributed by atoms with Crippen molar-refractivity contribution in [2.45, 2.75) is 17.6 Å². The highest BCUT2D eigenvalue weighted by Gasteiger charge is 2.29. The van der Waals surface area contributed by atoms with Crippen LogP contribution >= 0.6 is 0 Å². The van der Waals surface area contributed by atoms with Gasteiger partial charge in [0.2, 0.25) is 10.0 Å². The zero-order chi connectivity index (χ0) is 18.9. The Balaban J connectivity index is 1.49. The fraction of sp³-hybridized carbons (Fsp3) is 0.105. The van der Waals surface area contributed by atoms with Crippen LogP contribution in [-0.4, -0.2) is 14.3 Å². The first-order valence-corrected chi connectivity index (χ1v) is 9.80. The Kier molecular flexibility index (Phi) is 4.43. The molecule has 3 aromatic rings. The van der Waals surface area contributed by atoms with Crippen LogP contribution in [0.3, 0.4) is 0 Å². The molecule has 0 radical (unpaired) electrons. The normalized spacial score (nSPS) is 17.6. The highest BCUT2D eigenvalue weighted by Crippen LogP contribution is 2.30. The molecule has 4 rings (SSSR count). The molecule has 0 fully saturated rings. The van der Waals surface area contributed by atoms with E-state index in [0.717, 1.165) is 0 Å². The third-order valence-electron chi connectivity index (χ3n) is 4.26. The molecular weight excluding hydrogens is 366 g/mol. The van der Waals surface area contributed by atoms with Crippen molar-refractivity contribution in [3.63, 3.8) is 0 Å². The molecule has 7 nitrogen and oxygen atoms in total. The summed E-state index contributed by atoms with van der Waals surface area (Å²) in [5.41, 5.74) is 1.72. The third kappa shape index (κ3) is 3.57. The molecule has 1 amide bonds. The number of sulfonamides is 1. The summed E-state index contributed by atoms with van der Waals surface area (Å²) in [5.74, 6) is 0.430. The first-order valence-electron chi connectivity index (χ1n) is 8.31. The number of fused-ring (bicyclic) bond motifs is 1. The van der Waals surface area contributed by atoms with E-state index in [0.29, 0.717) is 29.1 Å². The first kappa shape index (κ1) is 17.3. The zero-order valence-corrected chi connectivity index (χ0v) is 15.0. The molecule has 0 saturated heterocycles. The van der Waals surface area contributed by atoms with Gasteiger partial charge in [-0.05, 0) is 42.0 Å². The molecule has 1 aromatic heterocycles. The van der Waals surface area contributed by atoms with Crippen molar-refractivity contribution < 1.29 is 17.6 Å². The number of nitrogens with one attached hydrogen (secondary N) is 3. The summed E-state index contributed by atoms with van der Waals surface area (Å²) in [6, 6.07) is 17.0. The molecule has 1 aliphatic rings. The highest BCUT2D eigenvalue weighted by atomic mass is 32.2. The molecule has 8 heteroatoms. The summed E-state index contributed by atoms with van der Waals surface area (Å²) in [6.45, 7) is 0.300. The number of para-hydroxylation sites is 1. The SMILES string of the molecule is O=C(NCc1ccco1)c1ccc(C2Nc3ccccc3S(=O)(=O)N2)cc1. The number of rotatable bonds is 4. The molecule has 1 aliphatic heterocycles. The number of hydrogen-bond acceptors (Lipinski definition) is 5. The standard InChI is InChI=1S/C19H17N3O4S/c23-19(20-12-15-4-3-11-26-15)14-9-7-13(8-10-14)18-21-16-5-1-2-6-17(16)27(24,25)22-18/h1-11,18,21-22H,12H2,(H,20,23). The Bertz CT molecular complexity index is 1060. The van der Waals surface area contributed by atoms with Crippen LogP contribution in [0.1, 0.15) is 27.8 Å². The fourth-order valence-corrected chi connectivity index (χ4v) is 4.19. The Morgan fingerprint density at radius 3 is 2.56 bits per heavy atom. The number of carbonyl (C=O) groups is 1. The second kappa shape index (κ2) is 6.90. The van der Waals surface area contributed by atoms with E-state index in [4.69, 9.17) is 4.42 Å². The van der Waals surface area contributed by atoms with E-state index in [1.54, 1.807) is 66.9 Å². The van der Waals surface area contributed by atoms with Gasteiger partial charge in [0.15, 0.2) is 0 Å². The van der Waals surface area contributed by atoms with Crippen molar-refractivity contribution in [2.75, 3.05) is 5.32 Å². The third-order valence-corrected chi connectivity index (χ3v) is 5.74. The summed E-state index contributed by atoms with van der Waals surface area (Å²) >= 11 is 0. The van der Waals surface area contributed by atoms with E-state index in [1.807, 2.05) is 0 Å². The predicted octanol–water partition coefficient (Wildman–Crippen LogP) is 2.61. The maximum atomic E-state index is 12.4. The minimum atomic E-state index is -3.60. The molecule has 1 atom stereocenters. The second-order valence-electron chi connectivity index (χ2n) is 6.08. The van der Waals surface area contributed by atoms with Crippen molar-refractivity contribution in [1.82, 2.24) is 10.0 Å². The smallest absolute Gasteiger partial charge is 0.251 e. The first-order chi connectivity index (χ1) is 13.0. The topological polar surface area (TPSA) is 100 Å². The van der Waals surface area contributed by atoms with Gasteiger partial charge in [0, 0.05) is 5.56 Å². The number of carbonyl (C=O) groups excluding carboxylic acids is 1. The number of anilines is 1. The molecule has 2 aromatic carbocycles. The molecular formula is C19H17N3O4S. The summed E-state index contributed by atoms with van der Waals surface area (Å²) in [4.78, 5) is 12.4. The van der Waals surface area contributed by atoms with E-state index in [2.05, 4.69) is 15.4 Å². The lowest BCUT2D eigenvalue weighted by Gasteiger charge is -2.28. The van der Waals surface area contributed by atoms with Crippen LogP contribution < -0.4 is 15.4 Å². The summed E-state index contributed by atoms with van der Waals surface area (Å²) in [6.07, 6.45) is 0.942. The van der Waals surface area contributed by atoms with E-state index >= 15 is 0 Å². The van der Waals surface area contributed by atoms with Gasteiger partial charge < -0.3 is 15.1 Å². The molecule has 27 heavy (non-hydrogen) atoms. The van der Waals surface area contributed by atoms with Gasteiger partial charge >= 0.3 is 0 Å². The van der Waals surface area contributed by atoms with Gasteiger partial charge in [0.25, 0.3) is 5.91 Å². The monoisotopic (exact) mass is 383 g/mol. The maximum Gasteiger partial charge on any atom is 0.251 e. The van der Waals surface area contributed by atoms with Crippen LogP contribution in [0, 0.1) is 0 Å².